The average molecular weight is 234 g/mol. The highest BCUT2D eigenvalue weighted by molar-refractivity contribution is 5.70. The molecule has 4 heteroatoms. The van der Waals surface area contributed by atoms with Gasteiger partial charge < -0.3 is 5.11 Å². The van der Waals surface area contributed by atoms with Crippen LogP contribution in [0.1, 0.15) is 25.5 Å². The number of hydrogen-bond acceptors (Lipinski definition) is 3. The molecule has 2 rings (SSSR count). The van der Waals surface area contributed by atoms with Crippen molar-refractivity contribution in [3.05, 3.63) is 30.1 Å². The second-order valence-electron chi connectivity index (χ2n) is 4.80. The second-order valence-corrected chi connectivity index (χ2v) is 4.80. The molecule has 0 amide bonds. The summed E-state index contributed by atoms with van der Waals surface area (Å²) in [5.41, 5.74) is 1.19. The van der Waals surface area contributed by atoms with Crippen molar-refractivity contribution in [1.29, 1.82) is 0 Å². The van der Waals surface area contributed by atoms with Gasteiger partial charge in [-0.05, 0) is 24.5 Å². The van der Waals surface area contributed by atoms with Crippen molar-refractivity contribution in [2.75, 3.05) is 13.1 Å². The Hall–Kier alpha value is -1.42. The van der Waals surface area contributed by atoms with Crippen molar-refractivity contribution in [1.82, 2.24) is 9.88 Å². The van der Waals surface area contributed by atoms with E-state index < -0.39 is 5.97 Å². The highest BCUT2D eigenvalue weighted by Crippen LogP contribution is 2.31. The zero-order chi connectivity index (χ0) is 12.4. The molecule has 0 saturated carbocycles. The molecule has 1 N–H and O–H groups in total. The van der Waals surface area contributed by atoms with E-state index in [1.165, 1.54) is 5.56 Å². The van der Waals surface area contributed by atoms with Crippen molar-refractivity contribution in [2.45, 2.75) is 19.9 Å². The van der Waals surface area contributed by atoms with Crippen molar-refractivity contribution < 1.29 is 9.90 Å². The number of likely N-dealkylation sites (tertiary alicyclic amines) is 1. The molecule has 1 aliphatic heterocycles. The first-order valence-electron chi connectivity index (χ1n) is 5.96. The van der Waals surface area contributed by atoms with E-state index in [-0.39, 0.29) is 11.8 Å². The van der Waals surface area contributed by atoms with Crippen LogP contribution >= 0.6 is 0 Å². The van der Waals surface area contributed by atoms with E-state index in [4.69, 9.17) is 5.11 Å². The number of rotatable bonds is 4. The second kappa shape index (κ2) is 4.84. The lowest BCUT2D eigenvalue weighted by Crippen LogP contribution is -2.51. The highest BCUT2D eigenvalue weighted by Gasteiger charge is 2.36. The molecule has 2 atom stereocenters. The molecule has 0 radical (unpaired) electrons. The molecular weight excluding hydrogens is 216 g/mol. The van der Waals surface area contributed by atoms with Crippen LogP contribution in [0.4, 0.5) is 0 Å². The van der Waals surface area contributed by atoms with Crippen LogP contribution in [0, 0.1) is 11.8 Å². The van der Waals surface area contributed by atoms with Crippen LogP contribution in [0.25, 0.3) is 0 Å². The van der Waals surface area contributed by atoms with Gasteiger partial charge in [0.05, 0.1) is 5.92 Å². The van der Waals surface area contributed by atoms with Crippen LogP contribution in [0.15, 0.2) is 24.5 Å². The lowest BCUT2D eigenvalue weighted by molar-refractivity contribution is -0.146. The van der Waals surface area contributed by atoms with Crippen molar-refractivity contribution in [3.8, 4) is 0 Å². The summed E-state index contributed by atoms with van der Waals surface area (Å²) in [5.74, 6) is -0.650. The normalized spacial score (nSPS) is 20.6. The van der Waals surface area contributed by atoms with E-state index >= 15 is 0 Å². The molecule has 1 fully saturated rings. The Morgan fingerprint density at radius 3 is 2.76 bits per heavy atom. The van der Waals surface area contributed by atoms with Gasteiger partial charge >= 0.3 is 5.97 Å². The molecule has 1 aliphatic rings. The Morgan fingerprint density at radius 1 is 1.53 bits per heavy atom. The molecule has 0 bridgehead atoms. The number of aromatic nitrogens is 1. The number of pyridine rings is 1. The number of carbonyl (C=O) groups is 1. The smallest absolute Gasteiger partial charge is 0.306 e. The largest absolute Gasteiger partial charge is 0.481 e. The zero-order valence-electron chi connectivity index (χ0n) is 10.2. The van der Waals surface area contributed by atoms with Crippen molar-refractivity contribution in [2.24, 2.45) is 11.8 Å². The molecule has 0 aromatic carbocycles. The van der Waals surface area contributed by atoms with Crippen LogP contribution in [0.5, 0.6) is 0 Å². The summed E-state index contributed by atoms with van der Waals surface area (Å²) in [7, 11) is 0. The number of hydrogen-bond donors (Lipinski definition) is 1. The molecular formula is C13H18N2O2. The van der Waals surface area contributed by atoms with Crippen molar-refractivity contribution >= 4 is 5.97 Å². The van der Waals surface area contributed by atoms with Gasteiger partial charge in [0, 0.05) is 31.5 Å². The highest BCUT2D eigenvalue weighted by atomic mass is 16.4. The fourth-order valence-corrected chi connectivity index (χ4v) is 2.22. The number of nitrogens with zero attached hydrogens (tertiary/aromatic N) is 2. The molecule has 1 saturated heterocycles. The van der Waals surface area contributed by atoms with E-state index in [9.17, 15) is 4.79 Å². The summed E-state index contributed by atoms with van der Waals surface area (Å²) in [5, 5.41) is 8.93. The Bertz CT molecular complexity index is 388. The maximum absolute atomic E-state index is 10.9. The van der Waals surface area contributed by atoms with Crippen LogP contribution in [0.2, 0.25) is 0 Å². The first-order valence-corrected chi connectivity index (χ1v) is 5.96. The minimum absolute atomic E-state index is 0.243. The summed E-state index contributed by atoms with van der Waals surface area (Å²) >= 11 is 0. The van der Waals surface area contributed by atoms with Gasteiger partial charge in [0.2, 0.25) is 0 Å². The molecule has 92 valence electrons. The van der Waals surface area contributed by atoms with Crippen molar-refractivity contribution in [3.63, 3.8) is 0 Å². The number of carboxylic acid groups (broad SMARTS) is 1. The standard InChI is InChI=1S/C13H18N2O2/c1-9(13(16)17)12-7-15(8-12)10(2)11-4-3-5-14-6-11/h3-6,9-10,12H,7-8H2,1-2H3,(H,16,17). The topological polar surface area (TPSA) is 53.4 Å². The van der Waals surface area contributed by atoms with Crippen LogP contribution in [-0.4, -0.2) is 34.0 Å². The Morgan fingerprint density at radius 2 is 2.24 bits per heavy atom. The van der Waals surface area contributed by atoms with Crippen LogP contribution in [-0.2, 0) is 4.79 Å². The molecule has 1 aromatic heterocycles. The lowest BCUT2D eigenvalue weighted by Gasteiger charge is -2.44. The maximum Gasteiger partial charge on any atom is 0.306 e. The van der Waals surface area contributed by atoms with E-state index in [0.29, 0.717) is 6.04 Å². The average Bonchev–Trinajstić information content (AvgIpc) is 2.27. The molecule has 4 nitrogen and oxygen atoms in total. The van der Waals surface area contributed by atoms with Gasteiger partial charge in [0.1, 0.15) is 0 Å². The summed E-state index contributed by atoms with van der Waals surface area (Å²) in [6.07, 6.45) is 3.64. The predicted molar refractivity (Wildman–Crippen MR) is 64.5 cm³/mol. The minimum atomic E-state index is -0.691. The Labute approximate surface area is 101 Å². The third-order valence-corrected chi connectivity index (χ3v) is 3.75. The van der Waals surface area contributed by atoms with Gasteiger partial charge in [0.15, 0.2) is 0 Å². The summed E-state index contributed by atoms with van der Waals surface area (Å²) in [4.78, 5) is 17.3. The minimum Gasteiger partial charge on any atom is -0.481 e. The molecule has 0 spiro atoms. The van der Waals surface area contributed by atoms with Gasteiger partial charge in [-0.15, -0.1) is 0 Å². The third kappa shape index (κ3) is 2.47. The molecule has 2 unspecified atom stereocenters. The van der Waals surface area contributed by atoms with Gasteiger partial charge in [-0.1, -0.05) is 13.0 Å². The van der Waals surface area contributed by atoms with Gasteiger partial charge in [-0.2, -0.15) is 0 Å². The van der Waals surface area contributed by atoms with E-state index in [1.54, 1.807) is 13.1 Å². The summed E-state index contributed by atoms with van der Waals surface area (Å²) in [6.45, 7) is 5.66. The van der Waals surface area contributed by atoms with Gasteiger partial charge in [0.25, 0.3) is 0 Å². The predicted octanol–water partition coefficient (Wildman–Crippen LogP) is 1.80. The van der Waals surface area contributed by atoms with E-state index in [2.05, 4.69) is 22.9 Å². The Kier molecular flexibility index (Phi) is 3.43. The molecule has 0 aliphatic carbocycles. The third-order valence-electron chi connectivity index (χ3n) is 3.75. The fraction of sp³-hybridized carbons (Fsp3) is 0.538. The maximum atomic E-state index is 10.9. The number of aliphatic carboxylic acids is 1. The first kappa shape index (κ1) is 12.0. The SMILES string of the molecule is CC(C(=O)O)C1CN(C(C)c2cccnc2)C1. The molecule has 2 heterocycles. The lowest BCUT2D eigenvalue weighted by atomic mass is 9.85. The van der Waals surface area contributed by atoms with E-state index in [0.717, 1.165) is 13.1 Å². The van der Waals surface area contributed by atoms with Gasteiger partial charge in [-0.25, -0.2) is 0 Å². The van der Waals surface area contributed by atoms with Crippen LogP contribution in [0.3, 0.4) is 0 Å². The fourth-order valence-electron chi connectivity index (χ4n) is 2.22. The van der Waals surface area contributed by atoms with E-state index in [1.807, 2.05) is 12.3 Å². The Balaban J connectivity index is 1.90. The molecule has 17 heavy (non-hydrogen) atoms. The zero-order valence-corrected chi connectivity index (χ0v) is 10.2. The quantitative estimate of drug-likeness (QED) is 0.863. The summed E-state index contributed by atoms with van der Waals surface area (Å²) < 4.78 is 0. The van der Waals surface area contributed by atoms with Gasteiger partial charge in [-0.3, -0.25) is 14.7 Å². The van der Waals surface area contributed by atoms with Crippen LogP contribution < -0.4 is 0 Å². The monoisotopic (exact) mass is 234 g/mol. The molecule has 1 aromatic rings. The summed E-state index contributed by atoms with van der Waals surface area (Å²) in [6, 6.07) is 4.31. The number of carboxylic acids is 1. The first-order chi connectivity index (χ1) is 8.09.